The number of hydrogen-bond acceptors (Lipinski definition) is 3. The molecule has 1 rings (SSSR count). The minimum absolute atomic E-state index is 0.00838. The van der Waals surface area contributed by atoms with E-state index < -0.39 is 5.82 Å². The molecule has 0 radical (unpaired) electrons. The molecule has 0 aliphatic heterocycles. The minimum Gasteiger partial charge on any atom is -0.475 e. The maximum absolute atomic E-state index is 13.0. The molecule has 0 saturated heterocycles. The first-order chi connectivity index (χ1) is 6.59. The lowest BCUT2D eigenvalue weighted by Gasteiger charge is -2.07. The van der Waals surface area contributed by atoms with Gasteiger partial charge >= 0.3 is 0 Å². The Morgan fingerprint density at radius 3 is 2.93 bits per heavy atom. The topological polar surface area (TPSA) is 35.0 Å². The zero-order valence-electron chi connectivity index (χ0n) is 8.13. The normalized spacial score (nSPS) is 10.6. The zero-order valence-corrected chi connectivity index (χ0v) is 8.88. The summed E-state index contributed by atoms with van der Waals surface area (Å²) in [5.41, 5.74) is 0. The Morgan fingerprint density at radius 1 is 1.57 bits per heavy atom. The summed E-state index contributed by atoms with van der Waals surface area (Å²) in [5, 5.41) is -0.00838. The number of nitrogens with zero attached hydrogens (tertiary/aromatic N) is 2. The number of ether oxygens (including phenoxy) is 1. The lowest BCUT2D eigenvalue weighted by molar-refractivity contribution is 0.265. The largest absolute Gasteiger partial charge is 0.475 e. The summed E-state index contributed by atoms with van der Waals surface area (Å²) in [7, 11) is 0. The van der Waals surface area contributed by atoms with Crippen molar-refractivity contribution in [2.75, 3.05) is 6.61 Å². The van der Waals surface area contributed by atoms with Crippen LogP contribution < -0.4 is 4.74 Å². The Morgan fingerprint density at radius 2 is 2.29 bits per heavy atom. The third-order valence-electron chi connectivity index (χ3n) is 1.62. The summed E-state index contributed by atoms with van der Waals surface area (Å²) >= 11 is 5.49. The Hall–Kier alpha value is -0.900. The Kier molecular flexibility index (Phi) is 4.07. The van der Waals surface area contributed by atoms with Gasteiger partial charge in [0.05, 0.1) is 12.8 Å². The van der Waals surface area contributed by atoms with Crippen molar-refractivity contribution in [1.82, 2.24) is 9.97 Å². The highest BCUT2D eigenvalue weighted by atomic mass is 35.5. The van der Waals surface area contributed by atoms with E-state index in [-0.39, 0.29) is 11.2 Å². The van der Waals surface area contributed by atoms with Crippen LogP contribution in [0.3, 0.4) is 0 Å². The summed E-state index contributed by atoms with van der Waals surface area (Å²) in [4.78, 5) is 7.11. The van der Waals surface area contributed by atoms with Gasteiger partial charge in [-0.3, -0.25) is 0 Å². The van der Waals surface area contributed by atoms with Gasteiger partial charge in [-0.05, 0) is 23.9 Å². The van der Waals surface area contributed by atoms with Crippen molar-refractivity contribution >= 4 is 11.6 Å². The fraction of sp³-hybridized carbons (Fsp3) is 0.556. The Bertz CT molecular complexity index is 307. The van der Waals surface area contributed by atoms with Crippen molar-refractivity contribution in [1.29, 1.82) is 0 Å². The van der Waals surface area contributed by atoms with E-state index in [1.54, 1.807) is 0 Å². The van der Waals surface area contributed by atoms with Gasteiger partial charge in [0.2, 0.25) is 11.1 Å². The van der Waals surface area contributed by atoms with Crippen LogP contribution >= 0.6 is 11.6 Å². The van der Waals surface area contributed by atoms with E-state index >= 15 is 0 Å². The molecule has 3 nitrogen and oxygen atoms in total. The van der Waals surface area contributed by atoms with Crippen LogP contribution in [0.25, 0.3) is 0 Å². The molecule has 1 heterocycles. The molecule has 0 unspecified atom stereocenters. The Labute approximate surface area is 87.3 Å². The minimum atomic E-state index is -0.585. The molecule has 1 aromatic rings. The van der Waals surface area contributed by atoms with Crippen LogP contribution in [0.15, 0.2) is 6.20 Å². The van der Waals surface area contributed by atoms with Crippen LogP contribution in [0, 0.1) is 11.7 Å². The molecule has 1 aromatic heterocycles. The van der Waals surface area contributed by atoms with Crippen LogP contribution in [0.2, 0.25) is 5.28 Å². The molecule has 5 heteroatoms. The molecule has 0 aromatic carbocycles. The molecule has 0 atom stereocenters. The van der Waals surface area contributed by atoms with Gasteiger partial charge in [0.25, 0.3) is 5.88 Å². The van der Waals surface area contributed by atoms with Crippen molar-refractivity contribution in [2.24, 2.45) is 5.92 Å². The summed E-state index contributed by atoms with van der Waals surface area (Å²) in [6.45, 7) is 4.56. The summed E-state index contributed by atoms with van der Waals surface area (Å²) in [6, 6.07) is 0. The van der Waals surface area contributed by atoms with Gasteiger partial charge in [0, 0.05) is 0 Å². The van der Waals surface area contributed by atoms with E-state index in [0.717, 1.165) is 12.6 Å². The Balaban J connectivity index is 2.53. The highest BCUT2D eigenvalue weighted by Gasteiger charge is 2.07. The molecule has 0 bridgehead atoms. The SMILES string of the molecule is CC(C)CCOc1nc(Cl)ncc1F. The van der Waals surface area contributed by atoms with Gasteiger partial charge in [-0.25, -0.2) is 4.98 Å². The maximum Gasteiger partial charge on any atom is 0.254 e. The maximum atomic E-state index is 13.0. The lowest BCUT2D eigenvalue weighted by atomic mass is 10.1. The van der Waals surface area contributed by atoms with Gasteiger partial charge in [-0.2, -0.15) is 9.37 Å². The van der Waals surface area contributed by atoms with Crippen LogP contribution in [-0.4, -0.2) is 16.6 Å². The third-order valence-corrected chi connectivity index (χ3v) is 1.80. The van der Waals surface area contributed by atoms with Crippen LogP contribution in [0.4, 0.5) is 4.39 Å². The molecule has 14 heavy (non-hydrogen) atoms. The number of halogens is 2. The van der Waals surface area contributed by atoms with Crippen LogP contribution in [0.5, 0.6) is 5.88 Å². The molecule has 0 amide bonds. The van der Waals surface area contributed by atoms with Crippen molar-refractivity contribution < 1.29 is 9.13 Å². The molecule has 0 aliphatic rings. The monoisotopic (exact) mass is 218 g/mol. The molecular weight excluding hydrogens is 207 g/mol. The average Bonchev–Trinajstić information content (AvgIpc) is 2.10. The van der Waals surface area contributed by atoms with E-state index in [9.17, 15) is 4.39 Å². The smallest absolute Gasteiger partial charge is 0.254 e. The van der Waals surface area contributed by atoms with Crippen molar-refractivity contribution in [3.8, 4) is 5.88 Å². The lowest BCUT2D eigenvalue weighted by Crippen LogP contribution is -2.04. The van der Waals surface area contributed by atoms with E-state index in [2.05, 4.69) is 23.8 Å². The standard InChI is InChI=1S/C9H12ClFN2O/c1-6(2)3-4-14-8-7(11)5-12-9(10)13-8/h5-6H,3-4H2,1-2H3. The quantitative estimate of drug-likeness (QED) is 0.729. The highest BCUT2D eigenvalue weighted by Crippen LogP contribution is 2.15. The molecule has 0 aliphatic carbocycles. The fourth-order valence-electron chi connectivity index (χ4n) is 0.824. The van der Waals surface area contributed by atoms with Gasteiger partial charge in [-0.1, -0.05) is 13.8 Å². The second-order valence-corrected chi connectivity index (χ2v) is 3.66. The van der Waals surface area contributed by atoms with E-state index in [1.807, 2.05) is 0 Å². The molecular formula is C9H12ClFN2O. The first kappa shape index (κ1) is 11.2. The van der Waals surface area contributed by atoms with Crippen molar-refractivity contribution in [2.45, 2.75) is 20.3 Å². The summed E-state index contributed by atoms with van der Waals surface area (Å²) in [6.07, 6.45) is 1.85. The van der Waals surface area contributed by atoms with Crippen LogP contribution in [-0.2, 0) is 0 Å². The first-order valence-electron chi connectivity index (χ1n) is 4.40. The summed E-state index contributed by atoms with van der Waals surface area (Å²) in [5.74, 6) is -0.154. The first-order valence-corrected chi connectivity index (χ1v) is 4.78. The molecule has 0 spiro atoms. The molecule has 0 fully saturated rings. The second kappa shape index (κ2) is 5.10. The number of hydrogen-bond donors (Lipinski definition) is 0. The predicted molar refractivity (Wildman–Crippen MR) is 52.0 cm³/mol. The van der Waals surface area contributed by atoms with E-state index in [4.69, 9.17) is 16.3 Å². The van der Waals surface area contributed by atoms with Gasteiger partial charge in [-0.15, -0.1) is 0 Å². The van der Waals surface area contributed by atoms with Gasteiger partial charge in [0.15, 0.2) is 0 Å². The van der Waals surface area contributed by atoms with E-state index in [0.29, 0.717) is 12.5 Å². The third kappa shape index (κ3) is 3.46. The highest BCUT2D eigenvalue weighted by molar-refractivity contribution is 6.28. The molecule has 0 N–H and O–H groups in total. The number of rotatable bonds is 4. The molecule has 0 saturated carbocycles. The number of aromatic nitrogens is 2. The van der Waals surface area contributed by atoms with E-state index in [1.165, 1.54) is 0 Å². The summed E-state index contributed by atoms with van der Waals surface area (Å²) < 4.78 is 18.1. The van der Waals surface area contributed by atoms with Gasteiger partial charge < -0.3 is 4.74 Å². The second-order valence-electron chi connectivity index (χ2n) is 3.32. The molecule has 78 valence electrons. The zero-order chi connectivity index (χ0) is 10.6. The van der Waals surface area contributed by atoms with Crippen molar-refractivity contribution in [3.63, 3.8) is 0 Å². The van der Waals surface area contributed by atoms with Crippen LogP contribution in [0.1, 0.15) is 20.3 Å². The predicted octanol–water partition coefficient (Wildman–Crippen LogP) is 2.69. The van der Waals surface area contributed by atoms with Crippen molar-refractivity contribution in [3.05, 3.63) is 17.3 Å². The average molecular weight is 219 g/mol. The van der Waals surface area contributed by atoms with Gasteiger partial charge in [0.1, 0.15) is 0 Å². The fourth-order valence-corrected chi connectivity index (χ4v) is 0.949.